The molecule has 0 fully saturated rings. The third-order valence-electron chi connectivity index (χ3n) is 4.72. The summed E-state index contributed by atoms with van der Waals surface area (Å²) in [7, 11) is 1.56. The molecule has 1 aromatic heterocycles. The van der Waals surface area contributed by atoms with E-state index in [2.05, 4.69) is 10.6 Å². The molecule has 160 valence electrons. The highest BCUT2D eigenvalue weighted by Gasteiger charge is 2.26. The van der Waals surface area contributed by atoms with Crippen LogP contribution in [0.5, 0.6) is 0 Å². The van der Waals surface area contributed by atoms with Gasteiger partial charge in [-0.3, -0.25) is 14.4 Å². The van der Waals surface area contributed by atoms with Gasteiger partial charge >= 0.3 is 0 Å². The Kier molecular flexibility index (Phi) is 7.56. The second kappa shape index (κ2) is 10.5. The number of hydrogen-bond acceptors (Lipinski definition) is 4. The number of anilines is 1. The standard InChI is InChI=1S/C24H25N3O3S/c1-17-10-12-19(13-11-17)25-22(28)16-27(2)24(30)20(15-18-7-4-3-5-8-18)26-23(29)21-9-6-14-31-21/h3-14,20H,15-16H2,1-2H3,(H,25,28)(H,26,29). The van der Waals surface area contributed by atoms with Gasteiger partial charge in [-0.2, -0.15) is 0 Å². The Hall–Kier alpha value is -3.45. The highest BCUT2D eigenvalue weighted by Crippen LogP contribution is 2.12. The van der Waals surface area contributed by atoms with Gasteiger partial charge in [-0.05, 0) is 36.1 Å². The van der Waals surface area contributed by atoms with Crippen molar-refractivity contribution in [3.63, 3.8) is 0 Å². The molecule has 0 saturated carbocycles. The van der Waals surface area contributed by atoms with E-state index in [1.807, 2.05) is 66.9 Å². The molecule has 0 radical (unpaired) electrons. The Morgan fingerprint density at radius 2 is 1.68 bits per heavy atom. The normalized spacial score (nSPS) is 11.4. The maximum Gasteiger partial charge on any atom is 0.262 e. The lowest BCUT2D eigenvalue weighted by Crippen LogP contribution is -2.50. The van der Waals surface area contributed by atoms with Crippen LogP contribution in [0.2, 0.25) is 0 Å². The van der Waals surface area contributed by atoms with Crippen molar-refractivity contribution in [3.05, 3.63) is 88.1 Å². The van der Waals surface area contributed by atoms with Gasteiger partial charge in [0.2, 0.25) is 11.8 Å². The van der Waals surface area contributed by atoms with Gasteiger partial charge < -0.3 is 15.5 Å². The van der Waals surface area contributed by atoms with E-state index in [0.717, 1.165) is 11.1 Å². The van der Waals surface area contributed by atoms with Crippen molar-refractivity contribution in [2.45, 2.75) is 19.4 Å². The zero-order valence-corrected chi connectivity index (χ0v) is 18.3. The summed E-state index contributed by atoms with van der Waals surface area (Å²) in [6.45, 7) is 1.85. The number of rotatable bonds is 8. The molecule has 3 amide bonds. The molecule has 1 atom stereocenters. The summed E-state index contributed by atoms with van der Waals surface area (Å²) in [6.07, 6.45) is 0.334. The average Bonchev–Trinajstić information content (AvgIpc) is 3.30. The molecular weight excluding hydrogens is 410 g/mol. The van der Waals surface area contributed by atoms with Gasteiger partial charge in [0.25, 0.3) is 5.91 Å². The maximum absolute atomic E-state index is 13.1. The molecule has 1 heterocycles. The number of aryl methyl sites for hydroxylation is 1. The molecule has 0 saturated heterocycles. The van der Waals surface area contributed by atoms with Gasteiger partial charge in [-0.1, -0.05) is 54.1 Å². The van der Waals surface area contributed by atoms with E-state index >= 15 is 0 Å². The molecular formula is C24H25N3O3S. The lowest BCUT2D eigenvalue weighted by atomic mass is 10.0. The monoisotopic (exact) mass is 435 g/mol. The summed E-state index contributed by atoms with van der Waals surface area (Å²) >= 11 is 1.31. The lowest BCUT2D eigenvalue weighted by molar-refractivity contribution is -0.135. The number of carbonyl (C=O) groups excluding carboxylic acids is 3. The SMILES string of the molecule is Cc1ccc(NC(=O)CN(C)C(=O)C(Cc2ccccc2)NC(=O)c2cccs2)cc1. The Morgan fingerprint density at radius 1 is 0.968 bits per heavy atom. The number of nitrogens with one attached hydrogen (secondary N) is 2. The summed E-state index contributed by atoms with van der Waals surface area (Å²) in [5, 5.41) is 7.42. The number of hydrogen-bond donors (Lipinski definition) is 2. The third kappa shape index (κ3) is 6.52. The zero-order valence-electron chi connectivity index (χ0n) is 17.5. The molecule has 6 nitrogen and oxygen atoms in total. The van der Waals surface area contributed by atoms with E-state index in [-0.39, 0.29) is 24.3 Å². The summed E-state index contributed by atoms with van der Waals surface area (Å²) in [5.41, 5.74) is 2.68. The quantitative estimate of drug-likeness (QED) is 0.569. The van der Waals surface area contributed by atoms with Crippen molar-refractivity contribution in [2.24, 2.45) is 0 Å². The Bertz CT molecular complexity index is 1020. The van der Waals surface area contributed by atoms with E-state index in [1.165, 1.54) is 16.2 Å². The molecule has 3 rings (SSSR count). The summed E-state index contributed by atoms with van der Waals surface area (Å²) in [5.74, 6) is -0.933. The minimum absolute atomic E-state index is 0.118. The summed E-state index contributed by atoms with van der Waals surface area (Å²) in [6, 6.07) is 19.6. The summed E-state index contributed by atoms with van der Waals surface area (Å²) in [4.78, 5) is 40.0. The molecule has 2 aromatic carbocycles. The molecule has 0 aliphatic heterocycles. The number of carbonyl (C=O) groups is 3. The van der Waals surface area contributed by atoms with Crippen LogP contribution in [0.15, 0.2) is 72.1 Å². The molecule has 1 unspecified atom stereocenters. The molecule has 3 aromatic rings. The number of thiophene rings is 1. The van der Waals surface area contributed by atoms with Crippen LogP contribution in [-0.4, -0.2) is 42.3 Å². The van der Waals surface area contributed by atoms with Crippen molar-refractivity contribution >= 4 is 34.7 Å². The fraction of sp³-hybridized carbons (Fsp3) is 0.208. The number of likely N-dealkylation sites (N-methyl/N-ethyl adjacent to an activating group) is 1. The predicted octanol–water partition coefficient (Wildman–Crippen LogP) is 3.49. The number of amides is 3. The number of nitrogens with zero attached hydrogens (tertiary/aromatic N) is 1. The Labute approximate surface area is 185 Å². The largest absolute Gasteiger partial charge is 0.339 e. The van der Waals surface area contributed by atoms with Crippen molar-refractivity contribution in [1.82, 2.24) is 10.2 Å². The van der Waals surface area contributed by atoms with Gasteiger partial charge in [0.1, 0.15) is 6.04 Å². The van der Waals surface area contributed by atoms with Crippen LogP contribution < -0.4 is 10.6 Å². The van der Waals surface area contributed by atoms with Gasteiger partial charge in [-0.25, -0.2) is 0 Å². The Morgan fingerprint density at radius 3 is 2.32 bits per heavy atom. The highest BCUT2D eigenvalue weighted by molar-refractivity contribution is 7.12. The second-order valence-electron chi connectivity index (χ2n) is 7.30. The smallest absolute Gasteiger partial charge is 0.262 e. The van der Waals surface area contributed by atoms with Crippen LogP contribution in [0, 0.1) is 6.92 Å². The van der Waals surface area contributed by atoms with Crippen LogP contribution in [-0.2, 0) is 16.0 Å². The first kappa shape index (κ1) is 22.2. The number of benzene rings is 2. The molecule has 31 heavy (non-hydrogen) atoms. The van der Waals surface area contributed by atoms with Gasteiger partial charge in [0.15, 0.2) is 0 Å². The van der Waals surface area contributed by atoms with Crippen LogP contribution in [0.3, 0.4) is 0 Å². The minimum Gasteiger partial charge on any atom is -0.339 e. The lowest BCUT2D eigenvalue weighted by Gasteiger charge is -2.24. The maximum atomic E-state index is 13.1. The summed E-state index contributed by atoms with van der Waals surface area (Å²) < 4.78 is 0. The van der Waals surface area contributed by atoms with Crippen molar-refractivity contribution in [2.75, 3.05) is 18.9 Å². The van der Waals surface area contributed by atoms with Crippen LogP contribution in [0.25, 0.3) is 0 Å². The van der Waals surface area contributed by atoms with Crippen molar-refractivity contribution in [3.8, 4) is 0 Å². The van der Waals surface area contributed by atoms with E-state index in [0.29, 0.717) is 17.0 Å². The van der Waals surface area contributed by atoms with Crippen molar-refractivity contribution in [1.29, 1.82) is 0 Å². The van der Waals surface area contributed by atoms with Crippen molar-refractivity contribution < 1.29 is 14.4 Å². The zero-order chi connectivity index (χ0) is 22.2. The first-order valence-corrected chi connectivity index (χ1v) is 10.8. The Balaban J connectivity index is 1.67. The van der Waals surface area contributed by atoms with E-state index < -0.39 is 6.04 Å². The predicted molar refractivity (Wildman–Crippen MR) is 123 cm³/mol. The molecule has 0 spiro atoms. The average molecular weight is 436 g/mol. The van der Waals surface area contributed by atoms with Crippen LogP contribution in [0.1, 0.15) is 20.8 Å². The second-order valence-corrected chi connectivity index (χ2v) is 8.25. The minimum atomic E-state index is -0.783. The van der Waals surface area contributed by atoms with E-state index in [1.54, 1.807) is 19.2 Å². The molecule has 2 N–H and O–H groups in total. The molecule has 0 bridgehead atoms. The van der Waals surface area contributed by atoms with Gasteiger partial charge in [-0.15, -0.1) is 11.3 Å². The molecule has 0 aliphatic rings. The third-order valence-corrected chi connectivity index (χ3v) is 5.59. The topological polar surface area (TPSA) is 78.5 Å². The fourth-order valence-electron chi connectivity index (χ4n) is 3.08. The first-order chi connectivity index (χ1) is 14.9. The highest BCUT2D eigenvalue weighted by atomic mass is 32.1. The van der Waals surface area contributed by atoms with Crippen LogP contribution in [0.4, 0.5) is 5.69 Å². The van der Waals surface area contributed by atoms with Crippen LogP contribution >= 0.6 is 11.3 Å². The molecule has 7 heteroatoms. The molecule has 0 aliphatic carbocycles. The first-order valence-electron chi connectivity index (χ1n) is 9.92. The fourth-order valence-corrected chi connectivity index (χ4v) is 3.71. The van der Waals surface area contributed by atoms with Gasteiger partial charge in [0, 0.05) is 19.2 Å². The van der Waals surface area contributed by atoms with Gasteiger partial charge in [0.05, 0.1) is 11.4 Å². The van der Waals surface area contributed by atoms with E-state index in [9.17, 15) is 14.4 Å². The van der Waals surface area contributed by atoms with E-state index in [4.69, 9.17) is 0 Å².